The third-order valence-electron chi connectivity index (χ3n) is 3.89. The van der Waals surface area contributed by atoms with Crippen molar-refractivity contribution in [2.24, 2.45) is 11.7 Å². The average Bonchev–Trinajstić information content (AvgIpc) is 2.48. The van der Waals surface area contributed by atoms with E-state index >= 15 is 0 Å². The van der Waals surface area contributed by atoms with Crippen molar-refractivity contribution in [2.45, 2.75) is 19.4 Å². The molecule has 0 radical (unpaired) electrons. The molecule has 4 nitrogen and oxygen atoms in total. The van der Waals surface area contributed by atoms with Crippen LogP contribution in [-0.2, 0) is 11.3 Å². The van der Waals surface area contributed by atoms with Crippen molar-refractivity contribution in [3.05, 3.63) is 29.3 Å². The standard InChI is InChI=1S/C16H24N2O2S/c1-18(10-12-5-7-20-8-6-12)11-13-3-4-15(19-2)14(9-13)16(17)21/h3-4,9,12H,5-8,10-11H2,1-2H3,(H2,17,21). The second kappa shape index (κ2) is 7.73. The zero-order valence-electron chi connectivity index (χ0n) is 12.8. The van der Waals surface area contributed by atoms with Crippen LogP contribution in [0.4, 0.5) is 0 Å². The minimum atomic E-state index is 0.376. The van der Waals surface area contributed by atoms with Crippen LogP contribution in [-0.4, -0.2) is 43.8 Å². The van der Waals surface area contributed by atoms with E-state index in [0.717, 1.165) is 56.4 Å². The predicted octanol–water partition coefficient (Wildman–Crippen LogP) is 2.19. The van der Waals surface area contributed by atoms with Gasteiger partial charge in [0.15, 0.2) is 0 Å². The molecule has 0 aromatic heterocycles. The summed E-state index contributed by atoms with van der Waals surface area (Å²) in [6, 6.07) is 6.04. The first-order valence-corrected chi connectivity index (χ1v) is 7.74. The van der Waals surface area contributed by atoms with Gasteiger partial charge in [-0.05, 0) is 43.5 Å². The lowest BCUT2D eigenvalue weighted by Crippen LogP contribution is -2.29. The van der Waals surface area contributed by atoms with Crippen LogP contribution in [0, 0.1) is 5.92 Å². The summed E-state index contributed by atoms with van der Waals surface area (Å²) in [5.41, 5.74) is 7.77. The molecule has 5 heteroatoms. The van der Waals surface area contributed by atoms with Gasteiger partial charge in [-0.3, -0.25) is 0 Å². The molecule has 0 aliphatic carbocycles. The Hall–Kier alpha value is -1.17. The predicted molar refractivity (Wildman–Crippen MR) is 88.8 cm³/mol. The number of rotatable bonds is 6. The van der Waals surface area contributed by atoms with Gasteiger partial charge in [-0.1, -0.05) is 18.3 Å². The number of nitrogens with two attached hydrogens (primary N) is 1. The Kier molecular flexibility index (Phi) is 5.96. The fourth-order valence-corrected chi connectivity index (χ4v) is 2.95. The molecule has 1 aliphatic rings. The van der Waals surface area contributed by atoms with Gasteiger partial charge in [0.25, 0.3) is 0 Å². The Morgan fingerprint density at radius 2 is 2.14 bits per heavy atom. The molecule has 1 saturated heterocycles. The summed E-state index contributed by atoms with van der Waals surface area (Å²) in [5.74, 6) is 1.47. The fourth-order valence-electron chi connectivity index (χ4n) is 2.79. The molecule has 1 aromatic rings. The van der Waals surface area contributed by atoms with E-state index in [9.17, 15) is 0 Å². The lowest BCUT2D eigenvalue weighted by Gasteiger charge is -2.27. The number of hydrogen-bond acceptors (Lipinski definition) is 4. The average molecular weight is 308 g/mol. The van der Waals surface area contributed by atoms with Crippen molar-refractivity contribution >= 4 is 17.2 Å². The maximum absolute atomic E-state index is 5.76. The zero-order valence-corrected chi connectivity index (χ0v) is 13.6. The smallest absolute Gasteiger partial charge is 0.129 e. The van der Waals surface area contributed by atoms with Gasteiger partial charge in [-0.15, -0.1) is 0 Å². The molecule has 0 spiro atoms. The highest BCUT2D eigenvalue weighted by atomic mass is 32.1. The van der Waals surface area contributed by atoms with Gasteiger partial charge in [-0.25, -0.2) is 0 Å². The van der Waals surface area contributed by atoms with E-state index in [4.69, 9.17) is 27.4 Å². The van der Waals surface area contributed by atoms with E-state index < -0.39 is 0 Å². The molecule has 2 N–H and O–H groups in total. The molecular formula is C16H24N2O2S. The second-order valence-corrected chi connectivity index (χ2v) is 6.09. The molecule has 0 amide bonds. The van der Waals surface area contributed by atoms with Gasteiger partial charge in [0, 0.05) is 26.3 Å². The Labute approximate surface area is 132 Å². The van der Waals surface area contributed by atoms with E-state index in [0.29, 0.717) is 4.99 Å². The van der Waals surface area contributed by atoms with Crippen molar-refractivity contribution in [2.75, 3.05) is 33.9 Å². The Morgan fingerprint density at radius 3 is 2.76 bits per heavy atom. The fraction of sp³-hybridized carbons (Fsp3) is 0.562. The van der Waals surface area contributed by atoms with Crippen LogP contribution < -0.4 is 10.5 Å². The number of benzene rings is 1. The topological polar surface area (TPSA) is 47.7 Å². The van der Waals surface area contributed by atoms with E-state index in [1.807, 2.05) is 12.1 Å². The monoisotopic (exact) mass is 308 g/mol. The van der Waals surface area contributed by atoms with Crippen molar-refractivity contribution in [1.29, 1.82) is 0 Å². The number of hydrogen-bond donors (Lipinski definition) is 1. The first kappa shape index (κ1) is 16.2. The van der Waals surface area contributed by atoms with Crippen LogP contribution >= 0.6 is 12.2 Å². The Morgan fingerprint density at radius 1 is 1.43 bits per heavy atom. The molecule has 0 unspecified atom stereocenters. The van der Waals surface area contributed by atoms with E-state index in [1.165, 1.54) is 5.56 Å². The minimum absolute atomic E-state index is 0.376. The minimum Gasteiger partial charge on any atom is -0.496 e. The van der Waals surface area contributed by atoms with Crippen molar-refractivity contribution in [1.82, 2.24) is 4.90 Å². The number of thiocarbonyl (C=S) groups is 1. The van der Waals surface area contributed by atoms with Crippen molar-refractivity contribution in [3.8, 4) is 5.75 Å². The van der Waals surface area contributed by atoms with Crippen LogP contribution in [0.25, 0.3) is 0 Å². The van der Waals surface area contributed by atoms with Crippen LogP contribution in [0.3, 0.4) is 0 Å². The largest absolute Gasteiger partial charge is 0.496 e. The van der Waals surface area contributed by atoms with Crippen molar-refractivity contribution in [3.63, 3.8) is 0 Å². The summed E-state index contributed by atoms with van der Waals surface area (Å²) < 4.78 is 10.7. The highest BCUT2D eigenvalue weighted by Gasteiger charge is 2.16. The maximum atomic E-state index is 5.76. The molecule has 1 heterocycles. The summed E-state index contributed by atoms with van der Waals surface area (Å²) in [4.78, 5) is 2.72. The van der Waals surface area contributed by atoms with Gasteiger partial charge in [0.1, 0.15) is 10.7 Å². The maximum Gasteiger partial charge on any atom is 0.129 e. The van der Waals surface area contributed by atoms with Gasteiger partial charge in [-0.2, -0.15) is 0 Å². The lowest BCUT2D eigenvalue weighted by molar-refractivity contribution is 0.0549. The number of methoxy groups -OCH3 is 1. The molecular weight excluding hydrogens is 284 g/mol. The van der Waals surface area contributed by atoms with Gasteiger partial charge < -0.3 is 20.1 Å². The third-order valence-corrected chi connectivity index (χ3v) is 4.11. The third kappa shape index (κ3) is 4.66. The molecule has 2 rings (SSSR count). The normalized spacial score (nSPS) is 16.1. The summed E-state index contributed by atoms with van der Waals surface area (Å²) in [5, 5.41) is 0. The Balaban J connectivity index is 1.98. The highest BCUT2D eigenvalue weighted by molar-refractivity contribution is 7.80. The van der Waals surface area contributed by atoms with Gasteiger partial charge in [0.2, 0.25) is 0 Å². The van der Waals surface area contributed by atoms with Crippen molar-refractivity contribution < 1.29 is 9.47 Å². The molecule has 1 fully saturated rings. The molecule has 116 valence electrons. The molecule has 1 aromatic carbocycles. The van der Waals surface area contributed by atoms with Gasteiger partial charge in [0.05, 0.1) is 12.7 Å². The van der Waals surface area contributed by atoms with E-state index in [2.05, 4.69) is 18.0 Å². The van der Waals surface area contributed by atoms with E-state index in [1.54, 1.807) is 7.11 Å². The SMILES string of the molecule is COc1ccc(CN(C)CC2CCOCC2)cc1C(N)=S. The Bertz CT molecular complexity index is 487. The summed E-state index contributed by atoms with van der Waals surface area (Å²) >= 11 is 5.09. The highest BCUT2D eigenvalue weighted by Crippen LogP contribution is 2.21. The second-order valence-electron chi connectivity index (χ2n) is 5.65. The van der Waals surface area contributed by atoms with Crippen LogP contribution in [0.1, 0.15) is 24.0 Å². The zero-order chi connectivity index (χ0) is 15.2. The molecule has 0 saturated carbocycles. The lowest BCUT2D eigenvalue weighted by atomic mass is 9.99. The van der Waals surface area contributed by atoms with Crippen LogP contribution in [0.2, 0.25) is 0 Å². The van der Waals surface area contributed by atoms with Crippen LogP contribution in [0.5, 0.6) is 5.75 Å². The first-order valence-electron chi connectivity index (χ1n) is 7.33. The molecule has 0 bridgehead atoms. The van der Waals surface area contributed by atoms with Gasteiger partial charge >= 0.3 is 0 Å². The number of nitrogens with zero attached hydrogens (tertiary/aromatic N) is 1. The summed E-state index contributed by atoms with van der Waals surface area (Å²) in [7, 11) is 3.79. The number of ether oxygens (including phenoxy) is 2. The molecule has 0 atom stereocenters. The molecule has 1 aliphatic heterocycles. The summed E-state index contributed by atoms with van der Waals surface area (Å²) in [6.07, 6.45) is 2.32. The first-order chi connectivity index (χ1) is 10.1. The molecule has 21 heavy (non-hydrogen) atoms. The summed E-state index contributed by atoms with van der Waals surface area (Å²) in [6.45, 7) is 3.77. The van der Waals surface area contributed by atoms with E-state index in [-0.39, 0.29) is 0 Å². The van der Waals surface area contributed by atoms with Crippen LogP contribution in [0.15, 0.2) is 18.2 Å². The quantitative estimate of drug-likeness (QED) is 0.816.